The van der Waals surface area contributed by atoms with Gasteiger partial charge < -0.3 is 58.6 Å². The van der Waals surface area contributed by atoms with E-state index in [1.54, 1.807) is 19.1 Å². The van der Waals surface area contributed by atoms with Gasteiger partial charge in [-0.05, 0) is 75.5 Å². The van der Waals surface area contributed by atoms with Crippen molar-refractivity contribution >= 4 is 23.7 Å². The van der Waals surface area contributed by atoms with Gasteiger partial charge in [0, 0.05) is 61.2 Å². The molecule has 0 saturated carbocycles. The van der Waals surface area contributed by atoms with Gasteiger partial charge in [-0.25, -0.2) is 4.79 Å². The number of nitrogens with one attached hydrogen (secondary N) is 1. The molecule has 322 valence electrons. The van der Waals surface area contributed by atoms with Gasteiger partial charge in [-0.1, -0.05) is 65.3 Å². The molecule has 0 aromatic heterocycles. The van der Waals surface area contributed by atoms with Crippen LogP contribution in [0.3, 0.4) is 0 Å². The van der Waals surface area contributed by atoms with E-state index < -0.39 is 65.2 Å². The second-order valence-electron chi connectivity index (χ2n) is 18.6. The minimum atomic E-state index is -1.68. The number of methoxy groups -OCH3 is 1. The summed E-state index contributed by atoms with van der Waals surface area (Å²) in [5, 5.41) is 38.1. The van der Waals surface area contributed by atoms with Crippen LogP contribution in [0.4, 0.5) is 4.79 Å². The van der Waals surface area contributed by atoms with Crippen molar-refractivity contribution in [2.24, 2.45) is 35.5 Å². The maximum absolute atomic E-state index is 12.6. The number of aliphatic carboxylic acids is 1. The quantitative estimate of drug-likeness (QED) is 0.262. The standard InChI is InChI=1S/C43H66ClNO12.Na/c1-23-18-25(3)43(50,22-52-39(49)45-21-29-10-12-30(44)13-11-29)56-34(23)32-19-24(2)37(53-32)41(8)15-14-33(54-41)40(7)16-17-42(57-40)20-31(46)26(4)36(55-42)27(5)35(51-9)28(6)38(47)48;/h10-13,23-28,31-37,46,50H,14-22H2,1-9H3,(H,45,49)(H,47,48);/q;+1/p-1/t23-,24-,25+,26+,27-,28?,31-,32+,33+,34-,35+,36-,37+,40-,41-,42+,43-;/m0./s1. The average Bonchev–Trinajstić information content (AvgIpc) is 3.86. The van der Waals surface area contributed by atoms with Crippen LogP contribution in [0.5, 0.6) is 0 Å². The Bertz CT molecular complexity index is 1580. The number of amides is 1. The number of benzene rings is 1. The molecule has 6 rings (SSSR count). The summed E-state index contributed by atoms with van der Waals surface area (Å²) in [6.45, 7) is 15.7. The number of alkyl carbamates (subject to hydrolysis) is 1. The number of hydrogen-bond donors (Lipinski definition) is 3. The van der Waals surface area contributed by atoms with Gasteiger partial charge in [0.25, 0.3) is 0 Å². The molecular formula is C43H65ClNNaO12. The van der Waals surface area contributed by atoms with Crippen LogP contribution in [-0.4, -0.2) is 101 Å². The first kappa shape index (κ1) is 48.0. The molecule has 1 aromatic rings. The normalized spacial score (nSPS) is 43.0. The number of hydrogen-bond acceptors (Lipinski definition) is 12. The fraction of sp³-hybridized carbons (Fsp3) is 0.814. The van der Waals surface area contributed by atoms with Crippen LogP contribution in [0.15, 0.2) is 24.3 Å². The van der Waals surface area contributed by atoms with Gasteiger partial charge in [0.05, 0.1) is 53.9 Å². The fourth-order valence-corrected chi connectivity index (χ4v) is 10.7. The van der Waals surface area contributed by atoms with Crippen molar-refractivity contribution < 1.29 is 87.6 Å². The van der Waals surface area contributed by atoms with Crippen LogP contribution in [0.1, 0.15) is 106 Å². The van der Waals surface area contributed by atoms with Crippen molar-refractivity contribution in [2.75, 3.05) is 13.7 Å². The van der Waals surface area contributed by atoms with Crippen LogP contribution in [0.2, 0.25) is 5.02 Å². The zero-order valence-corrected chi connectivity index (χ0v) is 38.8. The topological polar surface area (TPSA) is 174 Å². The zero-order valence-electron chi connectivity index (χ0n) is 36.0. The number of carbonyl (C=O) groups is 2. The second kappa shape index (κ2) is 18.7. The SMILES string of the molecule is CO[C@@H](C(C)C(=O)[O-])[C@H](C)[C@H]1O[C@@]2(CC[C@@](C)([C@H]3CC[C@@](C)([C@@H]4O[C@@H]([C@H]5O[C@@](O)(COC(=O)NCc6ccc(Cl)cc6)[C@H](C)C[C@@H]5C)C[C@@H]4C)O3)O2)C[C@H](O)[C@H]1C.[Na+]. The average molecular weight is 846 g/mol. The third-order valence-electron chi connectivity index (χ3n) is 14.2. The van der Waals surface area contributed by atoms with Gasteiger partial charge in [-0.3, -0.25) is 0 Å². The molecule has 1 aromatic carbocycles. The van der Waals surface area contributed by atoms with E-state index >= 15 is 0 Å². The van der Waals surface area contributed by atoms with Gasteiger partial charge in [0.1, 0.15) is 6.61 Å². The van der Waals surface area contributed by atoms with E-state index in [9.17, 15) is 24.9 Å². The molecule has 13 nitrogen and oxygen atoms in total. The second-order valence-corrected chi connectivity index (χ2v) is 19.0. The van der Waals surface area contributed by atoms with Crippen molar-refractivity contribution in [1.29, 1.82) is 0 Å². The molecule has 0 bridgehead atoms. The summed E-state index contributed by atoms with van der Waals surface area (Å²) in [5.41, 5.74) is -0.440. The molecule has 17 atom stereocenters. The number of rotatable bonds is 12. The van der Waals surface area contributed by atoms with E-state index in [1.807, 2.05) is 32.9 Å². The molecule has 0 radical (unpaired) electrons. The smallest absolute Gasteiger partial charge is 0.550 e. The number of halogens is 1. The Balaban J connectivity index is 0.00000641. The van der Waals surface area contributed by atoms with Crippen molar-refractivity contribution in [1.82, 2.24) is 5.32 Å². The number of aliphatic hydroxyl groups is 2. The summed E-state index contributed by atoms with van der Waals surface area (Å²) in [6.07, 6.45) is 0.670. The first-order valence-corrected chi connectivity index (χ1v) is 21.3. The minimum absolute atomic E-state index is 0. The van der Waals surface area contributed by atoms with E-state index in [2.05, 4.69) is 33.0 Å². The summed E-state index contributed by atoms with van der Waals surface area (Å²) in [7, 11) is 1.49. The number of aliphatic hydroxyl groups excluding tert-OH is 1. The van der Waals surface area contributed by atoms with Crippen LogP contribution in [0.25, 0.3) is 0 Å². The Morgan fingerprint density at radius 1 is 1.00 bits per heavy atom. The number of carbonyl (C=O) groups excluding carboxylic acids is 2. The fourth-order valence-electron chi connectivity index (χ4n) is 10.6. The predicted octanol–water partition coefficient (Wildman–Crippen LogP) is 2.14. The molecule has 5 aliphatic heterocycles. The molecule has 15 heteroatoms. The van der Waals surface area contributed by atoms with E-state index in [0.29, 0.717) is 30.7 Å². The molecule has 5 fully saturated rings. The Labute approximate surface area is 371 Å². The first-order chi connectivity index (χ1) is 26.7. The van der Waals surface area contributed by atoms with Crippen LogP contribution in [-0.2, 0) is 44.5 Å². The van der Waals surface area contributed by atoms with Gasteiger partial charge >= 0.3 is 35.7 Å². The van der Waals surface area contributed by atoms with Crippen molar-refractivity contribution in [3.05, 3.63) is 34.9 Å². The van der Waals surface area contributed by atoms with E-state index in [1.165, 1.54) is 7.11 Å². The first-order valence-electron chi connectivity index (χ1n) is 20.9. The van der Waals surface area contributed by atoms with Gasteiger partial charge in [0.15, 0.2) is 5.79 Å². The number of carboxylic acid groups (broad SMARTS) is 1. The Morgan fingerprint density at radius 2 is 1.69 bits per heavy atom. The van der Waals surface area contributed by atoms with Crippen molar-refractivity contribution in [3.63, 3.8) is 0 Å². The third kappa shape index (κ3) is 9.92. The molecule has 1 amide bonds. The van der Waals surface area contributed by atoms with E-state index in [4.69, 9.17) is 44.8 Å². The summed E-state index contributed by atoms with van der Waals surface area (Å²) in [6, 6.07) is 7.14. The minimum Gasteiger partial charge on any atom is -0.550 e. The maximum atomic E-state index is 12.6. The summed E-state index contributed by atoms with van der Waals surface area (Å²) in [4.78, 5) is 24.4. The van der Waals surface area contributed by atoms with Crippen LogP contribution >= 0.6 is 11.6 Å². The molecule has 58 heavy (non-hydrogen) atoms. The predicted molar refractivity (Wildman–Crippen MR) is 208 cm³/mol. The van der Waals surface area contributed by atoms with Crippen molar-refractivity contribution in [3.8, 4) is 0 Å². The van der Waals surface area contributed by atoms with Gasteiger partial charge in [-0.2, -0.15) is 0 Å². The number of carboxylic acids is 1. The van der Waals surface area contributed by atoms with Gasteiger partial charge in [-0.15, -0.1) is 0 Å². The van der Waals surface area contributed by atoms with Crippen molar-refractivity contribution in [2.45, 2.75) is 172 Å². The molecule has 5 heterocycles. The van der Waals surface area contributed by atoms with Crippen LogP contribution in [0, 0.1) is 35.5 Å². The molecule has 1 unspecified atom stereocenters. The zero-order chi connectivity index (χ0) is 41.7. The Kier molecular flexibility index (Phi) is 15.5. The Morgan fingerprint density at radius 3 is 2.34 bits per heavy atom. The molecule has 5 saturated heterocycles. The number of ether oxygens (including phenoxy) is 7. The molecule has 3 N–H and O–H groups in total. The maximum Gasteiger partial charge on any atom is 1.00 e. The van der Waals surface area contributed by atoms with E-state index in [-0.39, 0.29) is 90.6 Å². The monoisotopic (exact) mass is 845 g/mol. The summed E-state index contributed by atoms with van der Waals surface area (Å²) >= 11 is 5.96. The third-order valence-corrected chi connectivity index (χ3v) is 14.4. The molecule has 5 aliphatic rings. The van der Waals surface area contributed by atoms with Crippen LogP contribution < -0.4 is 40.0 Å². The summed E-state index contributed by atoms with van der Waals surface area (Å²) in [5.74, 6) is -5.45. The largest absolute Gasteiger partial charge is 1.00 e. The molecular weight excluding hydrogens is 781 g/mol. The Hall–Kier alpha value is -1.07. The van der Waals surface area contributed by atoms with E-state index in [0.717, 1.165) is 24.8 Å². The molecule has 0 aliphatic carbocycles. The summed E-state index contributed by atoms with van der Waals surface area (Å²) < 4.78 is 45.1. The molecule has 1 spiro atoms. The van der Waals surface area contributed by atoms with Gasteiger partial charge in [0.2, 0.25) is 5.79 Å².